The molecule has 21 heavy (non-hydrogen) atoms. The highest BCUT2D eigenvalue weighted by Crippen LogP contribution is 2.22. The van der Waals surface area contributed by atoms with Crippen LogP contribution in [0.3, 0.4) is 0 Å². The van der Waals surface area contributed by atoms with Crippen molar-refractivity contribution >= 4 is 11.6 Å². The highest BCUT2D eigenvalue weighted by molar-refractivity contribution is 5.90. The summed E-state index contributed by atoms with van der Waals surface area (Å²) in [6, 6.07) is 16.7. The third-order valence-electron chi connectivity index (χ3n) is 2.91. The van der Waals surface area contributed by atoms with Crippen LogP contribution in [0.25, 0.3) is 0 Å². The second-order valence-electron chi connectivity index (χ2n) is 4.88. The lowest BCUT2D eigenvalue weighted by Crippen LogP contribution is -2.13. The summed E-state index contributed by atoms with van der Waals surface area (Å²) in [7, 11) is 0. The number of aliphatic hydroxyl groups is 1. The molecule has 4 nitrogen and oxygen atoms in total. The minimum absolute atomic E-state index is 0.104. The molecular weight excluding hydrogens is 266 g/mol. The molecule has 0 saturated carbocycles. The van der Waals surface area contributed by atoms with Crippen LogP contribution < -0.4 is 10.1 Å². The van der Waals surface area contributed by atoms with Gasteiger partial charge in [0.2, 0.25) is 5.91 Å². The van der Waals surface area contributed by atoms with Crippen molar-refractivity contribution in [3.05, 3.63) is 54.6 Å². The number of carbonyl (C=O) groups is 1. The summed E-state index contributed by atoms with van der Waals surface area (Å²) in [4.78, 5) is 11.6. The summed E-state index contributed by atoms with van der Waals surface area (Å²) in [5.41, 5.74) is 0.714. The van der Waals surface area contributed by atoms with Gasteiger partial charge in [0.25, 0.3) is 0 Å². The topological polar surface area (TPSA) is 58.6 Å². The first-order valence-electron chi connectivity index (χ1n) is 6.94. The van der Waals surface area contributed by atoms with Gasteiger partial charge in [-0.1, -0.05) is 18.2 Å². The summed E-state index contributed by atoms with van der Waals surface area (Å²) in [5.74, 6) is 1.38. The van der Waals surface area contributed by atoms with Crippen LogP contribution >= 0.6 is 0 Å². The number of benzene rings is 2. The first kappa shape index (κ1) is 15.1. The molecule has 0 radical (unpaired) electrons. The number of hydrogen-bond donors (Lipinski definition) is 2. The number of nitrogens with one attached hydrogen (secondary N) is 1. The van der Waals surface area contributed by atoms with Crippen LogP contribution in [0.4, 0.5) is 5.69 Å². The van der Waals surface area contributed by atoms with Crippen molar-refractivity contribution in [2.45, 2.75) is 25.9 Å². The molecule has 0 fully saturated rings. The molecule has 0 aliphatic heterocycles. The van der Waals surface area contributed by atoms with Gasteiger partial charge < -0.3 is 15.2 Å². The largest absolute Gasteiger partial charge is 0.457 e. The fourth-order valence-corrected chi connectivity index (χ4v) is 1.79. The predicted molar refractivity (Wildman–Crippen MR) is 82.5 cm³/mol. The van der Waals surface area contributed by atoms with E-state index in [1.807, 2.05) is 30.3 Å². The van der Waals surface area contributed by atoms with Crippen LogP contribution in [-0.2, 0) is 4.79 Å². The molecule has 0 aromatic heterocycles. The molecule has 0 saturated heterocycles. The molecule has 1 unspecified atom stereocenters. The molecular formula is C17H19NO3. The van der Waals surface area contributed by atoms with E-state index in [9.17, 15) is 4.79 Å². The summed E-state index contributed by atoms with van der Waals surface area (Å²) in [6.45, 7) is 1.67. The number of aliphatic hydroxyl groups excluding tert-OH is 1. The van der Waals surface area contributed by atoms with E-state index in [-0.39, 0.29) is 5.91 Å². The van der Waals surface area contributed by atoms with Gasteiger partial charge in [-0.05, 0) is 49.7 Å². The molecule has 2 aromatic carbocycles. The van der Waals surface area contributed by atoms with Crippen molar-refractivity contribution in [2.24, 2.45) is 0 Å². The summed E-state index contributed by atoms with van der Waals surface area (Å²) >= 11 is 0. The highest BCUT2D eigenvalue weighted by atomic mass is 16.5. The van der Waals surface area contributed by atoms with Gasteiger partial charge in [-0.15, -0.1) is 0 Å². The number of para-hydroxylation sites is 1. The number of amides is 1. The minimum Gasteiger partial charge on any atom is -0.457 e. The second kappa shape index (κ2) is 7.45. The Kier molecular flexibility index (Phi) is 5.35. The van der Waals surface area contributed by atoms with Crippen LogP contribution in [-0.4, -0.2) is 17.1 Å². The zero-order chi connectivity index (χ0) is 15.1. The first-order valence-corrected chi connectivity index (χ1v) is 6.94. The Morgan fingerprint density at radius 3 is 2.33 bits per heavy atom. The van der Waals surface area contributed by atoms with Gasteiger partial charge in [0.1, 0.15) is 11.5 Å². The van der Waals surface area contributed by atoms with E-state index >= 15 is 0 Å². The molecule has 0 heterocycles. The van der Waals surface area contributed by atoms with Crippen molar-refractivity contribution in [3.8, 4) is 11.5 Å². The fraction of sp³-hybridized carbons (Fsp3) is 0.235. The maximum absolute atomic E-state index is 11.6. The van der Waals surface area contributed by atoms with E-state index in [4.69, 9.17) is 9.84 Å². The smallest absolute Gasteiger partial charge is 0.224 e. The van der Waals surface area contributed by atoms with Crippen LogP contribution in [0.5, 0.6) is 11.5 Å². The standard InChI is InChI=1S/C17H19NO3/c1-13(19)7-12-17(20)18-14-8-10-16(11-9-14)21-15-5-3-2-4-6-15/h2-6,8-11,13,19H,7,12H2,1H3,(H,18,20). The third kappa shape index (κ3) is 5.28. The van der Waals surface area contributed by atoms with Gasteiger partial charge in [-0.2, -0.15) is 0 Å². The average Bonchev–Trinajstić information content (AvgIpc) is 2.48. The Hall–Kier alpha value is -2.33. The lowest BCUT2D eigenvalue weighted by Gasteiger charge is -2.08. The zero-order valence-electron chi connectivity index (χ0n) is 12.0. The van der Waals surface area contributed by atoms with Crippen LogP contribution in [0.15, 0.2) is 54.6 Å². The van der Waals surface area contributed by atoms with Crippen molar-refractivity contribution in [1.29, 1.82) is 0 Å². The van der Waals surface area contributed by atoms with E-state index in [0.717, 1.165) is 5.75 Å². The Morgan fingerprint density at radius 1 is 1.10 bits per heavy atom. The zero-order valence-corrected chi connectivity index (χ0v) is 12.0. The van der Waals surface area contributed by atoms with Gasteiger partial charge in [-0.3, -0.25) is 4.79 Å². The maximum Gasteiger partial charge on any atom is 0.224 e. The molecule has 0 bridgehead atoms. The third-order valence-corrected chi connectivity index (χ3v) is 2.91. The van der Waals surface area contributed by atoms with Crippen LogP contribution in [0.1, 0.15) is 19.8 Å². The summed E-state index contributed by atoms with van der Waals surface area (Å²) < 4.78 is 5.67. The Balaban J connectivity index is 1.88. The summed E-state index contributed by atoms with van der Waals surface area (Å²) in [5, 5.41) is 11.9. The Labute approximate surface area is 124 Å². The second-order valence-corrected chi connectivity index (χ2v) is 4.88. The lowest BCUT2D eigenvalue weighted by atomic mass is 10.2. The monoisotopic (exact) mass is 285 g/mol. The highest BCUT2D eigenvalue weighted by Gasteiger charge is 2.05. The van der Waals surface area contributed by atoms with Crippen molar-refractivity contribution < 1.29 is 14.6 Å². The van der Waals surface area contributed by atoms with Gasteiger partial charge in [0.05, 0.1) is 6.10 Å². The predicted octanol–water partition coefficient (Wildman–Crippen LogP) is 3.58. The molecule has 1 atom stereocenters. The molecule has 4 heteroatoms. The normalized spacial score (nSPS) is 11.7. The first-order chi connectivity index (χ1) is 10.1. The van der Waals surface area contributed by atoms with Crippen molar-refractivity contribution in [3.63, 3.8) is 0 Å². The minimum atomic E-state index is -0.461. The Morgan fingerprint density at radius 2 is 1.71 bits per heavy atom. The molecule has 2 aromatic rings. The number of carbonyl (C=O) groups excluding carboxylic acids is 1. The maximum atomic E-state index is 11.6. The molecule has 2 N–H and O–H groups in total. The number of ether oxygens (including phenoxy) is 1. The van der Waals surface area contributed by atoms with Gasteiger partial charge in [-0.25, -0.2) is 0 Å². The fourth-order valence-electron chi connectivity index (χ4n) is 1.79. The van der Waals surface area contributed by atoms with E-state index in [1.165, 1.54) is 0 Å². The van der Waals surface area contributed by atoms with E-state index in [0.29, 0.717) is 24.3 Å². The van der Waals surface area contributed by atoms with Gasteiger partial charge in [0, 0.05) is 12.1 Å². The molecule has 0 spiro atoms. The van der Waals surface area contributed by atoms with E-state index in [2.05, 4.69) is 5.32 Å². The van der Waals surface area contributed by atoms with Crippen molar-refractivity contribution in [1.82, 2.24) is 0 Å². The molecule has 0 aliphatic carbocycles. The number of hydrogen-bond acceptors (Lipinski definition) is 3. The molecule has 110 valence electrons. The molecule has 1 amide bonds. The summed E-state index contributed by atoms with van der Waals surface area (Å²) in [6.07, 6.45) is 0.304. The molecule has 2 rings (SSSR count). The van der Waals surface area contributed by atoms with Crippen molar-refractivity contribution in [2.75, 3.05) is 5.32 Å². The van der Waals surface area contributed by atoms with Gasteiger partial charge in [0.15, 0.2) is 0 Å². The number of rotatable bonds is 6. The quantitative estimate of drug-likeness (QED) is 0.853. The van der Waals surface area contributed by atoms with Gasteiger partial charge >= 0.3 is 0 Å². The molecule has 0 aliphatic rings. The lowest BCUT2D eigenvalue weighted by molar-refractivity contribution is -0.116. The van der Waals surface area contributed by atoms with Crippen LogP contribution in [0.2, 0.25) is 0 Å². The SMILES string of the molecule is CC(O)CCC(=O)Nc1ccc(Oc2ccccc2)cc1. The van der Waals surface area contributed by atoms with E-state index in [1.54, 1.807) is 31.2 Å². The average molecular weight is 285 g/mol. The van der Waals surface area contributed by atoms with E-state index < -0.39 is 6.10 Å². The van der Waals surface area contributed by atoms with Crippen LogP contribution in [0, 0.1) is 0 Å². The Bertz CT molecular complexity index is 564. The number of anilines is 1.